The number of anilines is 1. The molecule has 0 aliphatic rings. The fraction of sp³-hybridized carbons (Fsp3) is 0.182. The average molecular weight is 410 g/mol. The number of aryl methyl sites for hydroxylation is 1. The number of benzene rings is 2. The van der Waals surface area contributed by atoms with Crippen LogP contribution in [0, 0.1) is 6.92 Å². The molecule has 0 N–H and O–H groups in total. The first kappa shape index (κ1) is 20.5. The maximum absolute atomic E-state index is 12.8. The Bertz CT molecular complexity index is 1080. The van der Waals surface area contributed by atoms with E-state index in [2.05, 4.69) is 4.98 Å². The summed E-state index contributed by atoms with van der Waals surface area (Å²) in [5.41, 5.74) is 2.95. The normalized spacial score (nSPS) is 11.1. The summed E-state index contributed by atoms with van der Waals surface area (Å²) in [6.45, 7) is 2.37. The second kappa shape index (κ2) is 8.45. The fourth-order valence-electron chi connectivity index (χ4n) is 2.88. The molecule has 29 heavy (non-hydrogen) atoms. The van der Waals surface area contributed by atoms with Crippen LogP contribution < -0.4 is 4.31 Å². The van der Waals surface area contributed by atoms with E-state index in [1.165, 1.54) is 11.4 Å². The Labute approximate surface area is 171 Å². The van der Waals surface area contributed by atoms with E-state index in [4.69, 9.17) is 0 Å². The Balaban J connectivity index is 1.75. The van der Waals surface area contributed by atoms with Crippen LogP contribution in [-0.4, -0.2) is 38.3 Å². The van der Waals surface area contributed by atoms with Crippen LogP contribution in [0.25, 0.3) is 0 Å². The van der Waals surface area contributed by atoms with Gasteiger partial charge in [0.15, 0.2) is 0 Å². The number of sulfonamides is 1. The standard InChI is InChI=1S/C22H23N3O3S/c1-17-4-10-21(11-5-17)29(27,28)25(3)20-8-6-19(7-9-20)22(26)24(2)16-18-12-14-23-15-13-18/h4-15H,16H2,1-3H3. The van der Waals surface area contributed by atoms with Crippen LogP contribution in [-0.2, 0) is 16.6 Å². The third kappa shape index (κ3) is 4.63. The number of rotatable bonds is 6. The van der Waals surface area contributed by atoms with Crippen LogP contribution in [0.1, 0.15) is 21.5 Å². The number of amides is 1. The van der Waals surface area contributed by atoms with E-state index < -0.39 is 10.0 Å². The van der Waals surface area contributed by atoms with Gasteiger partial charge in [0, 0.05) is 38.6 Å². The van der Waals surface area contributed by atoms with Crippen molar-refractivity contribution >= 4 is 21.6 Å². The average Bonchev–Trinajstić information content (AvgIpc) is 2.73. The summed E-state index contributed by atoms with van der Waals surface area (Å²) in [7, 11) is -0.438. The van der Waals surface area contributed by atoms with Gasteiger partial charge in [-0.15, -0.1) is 0 Å². The molecule has 0 saturated carbocycles. The molecule has 150 valence electrons. The van der Waals surface area contributed by atoms with E-state index in [9.17, 15) is 13.2 Å². The Kier molecular flexibility index (Phi) is 5.98. The zero-order valence-electron chi connectivity index (χ0n) is 16.6. The van der Waals surface area contributed by atoms with Crippen molar-refractivity contribution in [1.82, 2.24) is 9.88 Å². The van der Waals surface area contributed by atoms with Gasteiger partial charge in [-0.2, -0.15) is 0 Å². The predicted octanol–water partition coefficient (Wildman–Crippen LogP) is 3.49. The van der Waals surface area contributed by atoms with Gasteiger partial charge in [0.2, 0.25) is 0 Å². The van der Waals surface area contributed by atoms with Crippen molar-refractivity contribution in [3.63, 3.8) is 0 Å². The van der Waals surface area contributed by atoms with Crippen molar-refractivity contribution in [2.45, 2.75) is 18.4 Å². The van der Waals surface area contributed by atoms with Gasteiger partial charge in [0.05, 0.1) is 10.6 Å². The lowest BCUT2D eigenvalue weighted by Crippen LogP contribution is -2.27. The fourth-order valence-corrected chi connectivity index (χ4v) is 4.07. The first-order chi connectivity index (χ1) is 13.8. The number of hydrogen-bond acceptors (Lipinski definition) is 4. The minimum Gasteiger partial charge on any atom is -0.337 e. The molecule has 6 nitrogen and oxygen atoms in total. The monoisotopic (exact) mass is 409 g/mol. The number of aromatic nitrogens is 1. The van der Waals surface area contributed by atoms with Crippen molar-refractivity contribution in [3.8, 4) is 0 Å². The van der Waals surface area contributed by atoms with Crippen LogP contribution in [0.15, 0.2) is 78.0 Å². The number of hydrogen-bond donors (Lipinski definition) is 0. The molecule has 0 aliphatic heterocycles. The van der Waals surface area contributed by atoms with Crippen LogP contribution in [0.2, 0.25) is 0 Å². The van der Waals surface area contributed by atoms with Crippen molar-refractivity contribution < 1.29 is 13.2 Å². The van der Waals surface area contributed by atoms with Crippen molar-refractivity contribution in [3.05, 3.63) is 89.7 Å². The molecule has 7 heteroatoms. The van der Waals surface area contributed by atoms with Gasteiger partial charge < -0.3 is 4.90 Å². The number of carbonyl (C=O) groups is 1. The molecule has 0 radical (unpaired) electrons. The number of pyridine rings is 1. The summed E-state index contributed by atoms with van der Waals surface area (Å²) in [4.78, 5) is 18.5. The molecular formula is C22H23N3O3S. The lowest BCUT2D eigenvalue weighted by Gasteiger charge is -2.21. The lowest BCUT2D eigenvalue weighted by molar-refractivity contribution is 0.0785. The number of nitrogens with zero attached hydrogens (tertiary/aromatic N) is 3. The van der Waals surface area contributed by atoms with E-state index in [-0.39, 0.29) is 10.8 Å². The zero-order valence-corrected chi connectivity index (χ0v) is 17.4. The topological polar surface area (TPSA) is 70.6 Å². The van der Waals surface area contributed by atoms with Gasteiger partial charge in [0.25, 0.3) is 15.9 Å². The third-order valence-electron chi connectivity index (χ3n) is 4.67. The molecule has 3 rings (SSSR count). The summed E-state index contributed by atoms with van der Waals surface area (Å²) in [5, 5.41) is 0. The van der Waals surface area contributed by atoms with E-state index in [1.54, 1.807) is 72.9 Å². The van der Waals surface area contributed by atoms with Gasteiger partial charge in [-0.1, -0.05) is 17.7 Å². The molecule has 2 aromatic carbocycles. The van der Waals surface area contributed by atoms with E-state index >= 15 is 0 Å². The second-order valence-corrected chi connectivity index (χ2v) is 8.82. The molecular weight excluding hydrogens is 386 g/mol. The van der Waals surface area contributed by atoms with Gasteiger partial charge in [-0.05, 0) is 61.0 Å². The zero-order chi connectivity index (χ0) is 21.0. The smallest absolute Gasteiger partial charge is 0.264 e. The summed E-state index contributed by atoms with van der Waals surface area (Å²) in [5.74, 6) is -0.141. The minimum absolute atomic E-state index is 0.141. The quantitative estimate of drug-likeness (QED) is 0.625. The largest absolute Gasteiger partial charge is 0.337 e. The Morgan fingerprint density at radius 3 is 2.07 bits per heavy atom. The van der Waals surface area contributed by atoms with Crippen LogP contribution in [0.3, 0.4) is 0 Å². The highest BCUT2D eigenvalue weighted by Gasteiger charge is 2.21. The van der Waals surface area contributed by atoms with Gasteiger partial charge in [-0.3, -0.25) is 14.1 Å². The van der Waals surface area contributed by atoms with Gasteiger partial charge >= 0.3 is 0 Å². The number of carbonyl (C=O) groups excluding carboxylic acids is 1. The van der Waals surface area contributed by atoms with Gasteiger partial charge in [0.1, 0.15) is 0 Å². The molecule has 0 saturated heterocycles. The highest BCUT2D eigenvalue weighted by Crippen LogP contribution is 2.23. The highest BCUT2D eigenvalue weighted by atomic mass is 32.2. The van der Waals surface area contributed by atoms with Gasteiger partial charge in [-0.25, -0.2) is 8.42 Å². The molecule has 1 amide bonds. The lowest BCUT2D eigenvalue weighted by atomic mass is 10.1. The second-order valence-electron chi connectivity index (χ2n) is 6.85. The van der Waals surface area contributed by atoms with Crippen LogP contribution in [0.5, 0.6) is 0 Å². The van der Waals surface area contributed by atoms with Crippen LogP contribution >= 0.6 is 0 Å². The highest BCUT2D eigenvalue weighted by molar-refractivity contribution is 7.92. The summed E-state index contributed by atoms with van der Waals surface area (Å²) in [6, 6.07) is 17.0. The molecule has 0 bridgehead atoms. The summed E-state index contributed by atoms with van der Waals surface area (Å²) >= 11 is 0. The Morgan fingerprint density at radius 1 is 0.897 bits per heavy atom. The Morgan fingerprint density at radius 2 is 1.48 bits per heavy atom. The molecule has 0 aliphatic carbocycles. The molecule has 0 fully saturated rings. The SMILES string of the molecule is Cc1ccc(S(=O)(=O)N(C)c2ccc(C(=O)N(C)Cc3ccncc3)cc2)cc1. The van der Waals surface area contributed by atoms with Crippen molar-refractivity contribution in [2.75, 3.05) is 18.4 Å². The molecule has 1 heterocycles. The molecule has 3 aromatic rings. The first-order valence-corrected chi connectivity index (χ1v) is 10.5. The maximum atomic E-state index is 12.8. The first-order valence-electron chi connectivity index (χ1n) is 9.09. The Hall–Kier alpha value is -3.19. The van der Waals surface area contributed by atoms with Crippen molar-refractivity contribution in [2.24, 2.45) is 0 Å². The predicted molar refractivity (Wildman–Crippen MR) is 113 cm³/mol. The van der Waals surface area contributed by atoms with E-state index in [0.29, 0.717) is 17.8 Å². The van der Waals surface area contributed by atoms with E-state index in [1.807, 2.05) is 19.1 Å². The summed E-state index contributed by atoms with van der Waals surface area (Å²) < 4.78 is 26.9. The van der Waals surface area contributed by atoms with Crippen LogP contribution in [0.4, 0.5) is 5.69 Å². The minimum atomic E-state index is -3.67. The molecule has 0 atom stereocenters. The summed E-state index contributed by atoms with van der Waals surface area (Å²) in [6.07, 6.45) is 3.37. The molecule has 0 unspecified atom stereocenters. The maximum Gasteiger partial charge on any atom is 0.264 e. The molecule has 0 spiro atoms. The van der Waals surface area contributed by atoms with Crippen molar-refractivity contribution in [1.29, 1.82) is 0 Å². The van der Waals surface area contributed by atoms with E-state index in [0.717, 1.165) is 11.1 Å². The third-order valence-corrected chi connectivity index (χ3v) is 6.47. The molecule has 1 aromatic heterocycles.